The van der Waals surface area contributed by atoms with Crippen molar-refractivity contribution in [3.05, 3.63) is 56.7 Å². The Balaban J connectivity index is 1.76. The Morgan fingerprint density at radius 2 is 1.84 bits per heavy atom. The summed E-state index contributed by atoms with van der Waals surface area (Å²) in [6.07, 6.45) is 5.62. The van der Waals surface area contributed by atoms with Gasteiger partial charge in [0, 0.05) is 24.4 Å². The summed E-state index contributed by atoms with van der Waals surface area (Å²) in [5, 5.41) is 12.9. The van der Waals surface area contributed by atoms with Gasteiger partial charge in [0.1, 0.15) is 0 Å². The van der Waals surface area contributed by atoms with Crippen LogP contribution in [0.2, 0.25) is 0 Å². The number of allylic oxidation sites excluding steroid dienone is 3. The van der Waals surface area contributed by atoms with Gasteiger partial charge < -0.3 is 5.11 Å². The van der Waals surface area contributed by atoms with Gasteiger partial charge in [0.05, 0.1) is 5.60 Å². The lowest BCUT2D eigenvalue weighted by atomic mass is 9.44. The number of hydrogen-bond donors (Lipinski definition) is 1. The number of benzene rings is 1. The first-order chi connectivity index (χ1) is 14.6. The van der Waals surface area contributed by atoms with Crippen LogP contribution < -0.4 is 0 Å². The highest BCUT2D eigenvalue weighted by atomic mass is 16.3. The summed E-state index contributed by atoms with van der Waals surface area (Å²) in [4.78, 5) is 2.69. The first-order valence-electron chi connectivity index (χ1n) is 12.5. The van der Waals surface area contributed by atoms with E-state index in [9.17, 15) is 5.11 Å². The molecule has 1 N–H and O–H groups in total. The minimum atomic E-state index is -0.698. The SMILES string of the molecule is CC(C)=C(C)C1=C(C)C(C)C23CCN(CC4CC4)C(Cc4ccc(C)c(C)c42)C3(O)C1. The van der Waals surface area contributed by atoms with Crippen LogP contribution >= 0.6 is 0 Å². The van der Waals surface area contributed by atoms with Crippen molar-refractivity contribution in [1.82, 2.24) is 4.90 Å². The van der Waals surface area contributed by atoms with Crippen LogP contribution in [0.1, 0.15) is 82.6 Å². The predicted molar refractivity (Wildman–Crippen MR) is 129 cm³/mol. The van der Waals surface area contributed by atoms with E-state index < -0.39 is 5.60 Å². The van der Waals surface area contributed by atoms with E-state index in [4.69, 9.17) is 0 Å². The van der Waals surface area contributed by atoms with E-state index >= 15 is 0 Å². The number of likely N-dealkylation sites (tertiary alicyclic amines) is 1. The van der Waals surface area contributed by atoms with Crippen LogP contribution in [-0.4, -0.2) is 34.7 Å². The molecule has 5 rings (SSSR count). The van der Waals surface area contributed by atoms with Crippen molar-refractivity contribution < 1.29 is 5.11 Å². The van der Waals surface area contributed by atoms with Gasteiger partial charge in [-0.1, -0.05) is 30.2 Å². The van der Waals surface area contributed by atoms with Gasteiger partial charge in [-0.05, 0) is 119 Å². The second-order valence-electron chi connectivity index (χ2n) is 11.5. The molecule has 0 amide bonds. The van der Waals surface area contributed by atoms with E-state index in [1.54, 1.807) is 0 Å². The molecule has 0 radical (unpaired) electrons. The maximum atomic E-state index is 12.9. The zero-order chi connectivity index (χ0) is 22.3. The number of fused-ring (bicyclic) bond motifs is 1. The summed E-state index contributed by atoms with van der Waals surface area (Å²) < 4.78 is 0. The van der Waals surface area contributed by atoms with Crippen LogP contribution in [-0.2, 0) is 11.8 Å². The number of piperidine rings is 1. The summed E-state index contributed by atoms with van der Waals surface area (Å²) in [5.41, 5.74) is 10.6. The molecule has 4 atom stereocenters. The molecule has 1 saturated carbocycles. The molecule has 31 heavy (non-hydrogen) atoms. The lowest BCUT2D eigenvalue weighted by molar-refractivity contribution is -0.164. The highest BCUT2D eigenvalue weighted by molar-refractivity contribution is 5.56. The molecule has 2 fully saturated rings. The van der Waals surface area contributed by atoms with Gasteiger partial charge in [0.2, 0.25) is 0 Å². The number of aliphatic hydroxyl groups is 1. The second kappa shape index (κ2) is 7.06. The summed E-state index contributed by atoms with van der Waals surface area (Å²) in [5.74, 6) is 1.20. The standard InChI is InChI=1S/C29H41NO/c1-17(2)19(4)25-15-29(31)26-14-24-11-8-18(3)20(5)27(24)28(29,22(7)21(25)6)12-13-30(26)16-23-9-10-23/h8,11,22-23,26,31H,9-10,12-16H2,1-7H3. The van der Waals surface area contributed by atoms with Gasteiger partial charge in [-0.25, -0.2) is 0 Å². The largest absolute Gasteiger partial charge is 0.387 e. The fraction of sp³-hybridized carbons (Fsp3) is 0.655. The normalized spacial score (nSPS) is 35.0. The number of hydrogen-bond acceptors (Lipinski definition) is 2. The van der Waals surface area contributed by atoms with Crippen molar-refractivity contribution >= 4 is 0 Å². The Morgan fingerprint density at radius 1 is 1.13 bits per heavy atom. The van der Waals surface area contributed by atoms with Crippen molar-refractivity contribution in [2.24, 2.45) is 11.8 Å². The van der Waals surface area contributed by atoms with Crippen LogP contribution in [0.5, 0.6) is 0 Å². The molecule has 1 aromatic rings. The third kappa shape index (κ3) is 2.83. The van der Waals surface area contributed by atoms with Crippen LogP contribution in [0, 0.1) is 25.7 Å². The van der Waals surface area contributed by atoms with Gasteiger partial charge in [-0.2, -0.15) is 0 Å². The highest BCUT2D eigenvalue weighted by Crippen LogP contribution is 2.63. The maximum absolute atomic E-state index is 12.9. The van der Waals surface area contributed by atoms with Crippen molar-refractivity contribution in [2.75, 3.05) is 13.1 Å². The smallest absolute Gasteiger partial charge is 0.0947 e. The molecule has 1 aliphatic heterocycles. The van der Waals surface area contributed by atoms with Gasteiger partial charge in [0.15, 0.2) is 0 Å². The topological polar surface area (TPSA) is 23.5 Å². The Kier molecular flexibility index (Phi) is 4.89. The minimum Gasteiger partial charge on any atom is -0.387 e. The Labute approximate surface area is 189 Å². The molecule has 1 saturated heterocycles. The van der Waals surface area contributed by atoms with E-state index in [1.165, 1.54) is 63.9 Å². The Morgan fingerprint density at radius 3 is 2.48 bits per heavy atom. The number of rotatable bonds is 3. The van der Waals surface area contributed by atoms with E-state index in [2.05, 4.69) is 65.5 Å². The third-order valence-electron chi connectivity index (χ3n) is 9.94. The molecule has 3 aliphatic carbocycles. The molecule has 2 heteroatoms. The average Bonchev–Trinajstić information content (AvgIpc) is 3.53. The molecule has 4 unspecified atom stereocenters. The minimum absolute atomic E-state index is 0.170. The first kappa shape index (κ1) is 21.5. The van der Waals surface area contributed by atoms with Gasteiger partial charge in [0.25, 0.3) is 0 Å². The summed E-state index contributed by atoms with van der Waals surface area (Å²) in [6.45, 7) is 18.3. The van der Waals surface area contributed by atoms with Gasteiger partial charge in [-0.3, -0.25) is 4.90 Å². The number of aryl methyl sites for hydroxylation is 1. The van der Waals surface area contributed by atoms with Crippen LogP contribution in [0.3, 0.4) is 0 Å². The molecule has 1 aromatic carbocycles. The maximum Gasteiger partial charge on any atom is 0.0947 e. The zero-order valence-corrected chi connectivity index (χ0v) is 20.7. The van der Waals surface area contributed by atoms with E-state index in [0.29, 0.717) is 5.92 Å². The van der Waals surface area contributed by atoms with Crippen molar-refractivity contribution in [3.8, 4) is 0 Å². The van der Waals surface area contributed by atoms with Crippen LogP contribution in [0.15, 0.2) is 34.4 Å². The molecular formula is C29H41NO. The van der Waals surface area contributed by atoms with Crippen LogP contribution in [0.4, 0.5) is 0 Å². The number of nitrogens with zero attached hydrogens (tertiary/aromatic N) is 1. The Hall–Kier alpha value is -1.38. The highest BCUT2D eigenvalue weighted by Gasteiger charge is 2.67. The predicted octanol–water partition coefficient (Wildman–Crippen LogP) is 6.03. The lowest BCUT2D eigenvalue weighted by Crippen LogP contribution is -2.74. The van der Waals surface area contributed by atoms with Crippen molar-refractivity contribution in [3.63, 3.8) is 0 Å². The molecule has 2 bridgehead atoms. The molecule has 0 aromatic heterocycles. The fourth-order valence-corrected chi connectivity index (χ4v) is 7.51. The van der Waals surface area contributed by atoms with Crippen LogP contribution in [0.25, 0.3) is 0 Å². The van der Waals surface area contributed by atoms with E-state index in [1.807, 2.05) is 0 Å². The molecule has 168 valence electrons. The summed E-state index contributed by atoms with van der Waals surface area (Å²) in [7, 11) is 0. The van der Waals surface area contributed by atoms with Crippen molar-refractivity contribution in [2.45, 2.75) is 97.6 Å². The lowest BCUT2D eigenvalue weighted by Gasteiger charge is -2.66. The van der Waals surface area contributed by atoms with Gasteiger partial charge >= 0.3 is 0 Å². The molecule has 0 spiro atoms. The third-order valence-corrected chi connectivity index (χ3v) is 9.94. The first-order valence-corrected chi connectivity index (χ1v) is 12.5. The second-order valence-corrected chi connectivity index (χ2v) is 11.5. The quantitative estimate of drug-likeness (QED) is 0.647. The molecule has 1 heterocycles. The van der Waals surface area contributed by atoms with Crippen molar-refractivity contribution in [1.29, 1.82) is 0 Å². The van der Waals surface area contributed by atoms with E-state index in [0.717, 1.165) is 31.7 Å². The molecular weight excluding hydrogens is 378 g/mol. The summed E-state index contributed by atoms with van der Waals surface area (Å²) in [6, 6.07) is 4.92. The monoisotopic (exact) mass is 419 g/mol. The van der Waals surface area contributed by atoms with Gasteiger partial charge in [-0.15, -0.1) is 0 Å². The molecule has 2 nitrogen and oxygen atoms in total. The molecule has 4 aliphatic rings. The Bertz CT molecular complexity index is 992. The zero-order valence-electron chi connectivity index (χ0n) is 20.7. The average molecular weight is 420 g/mol. The summed E-state index contributed by atoms with van der Waals surface area (Å²) >= 11 is 0. The van der Waals surface area contributed by atoms with E-state index in [-0.39, 0.29) is 11.5 Å². The fourth-order valence-electron chi connectivity index (χ4n) is 7.51.